The van der Waals surface area contributed by atoms with Gasteiger partial charge in [0.15, 0.2) is 6.61 Å². The highest BCUT2D eigenvalue weighted by Crippen LogP contribution is 2.30. The van der Waals surface area contributed by atoms with Crippen molar-refractivity contribution in [2.75, 3.05) is 18.5 Å². The van der Waals surface area contributed by atoms with Gasteiger partial charge >= 0.3 is 5.97 Å². The van der Waals surface area contributed by atoms with Crippen LogP contribution in [0.25, 0.3) is 5.70 Å². The molecule has 2 aromatic rings. The molecule has 1 aliphatic rings. The van der Waals surface area contributed by atoms with E-state index in [1.807, 2.05) is 19.1 Å². The first-order chi connectivity index (χ1) is 12.5. The predicted molar refractivity (Wildman–Crippen MR) is 97.3 cm³/mol. The van der Waals surface area contributed by atoms with Gasteiger partial charge in [0.1, 0.15) is 6.54 Å². The number of hydrogen-bond donors (Lipinski definition) is 1. The molecule has 0 radical (unpaired) electrons. The van der Waals surface area contributed by atoms with Crippen molar-refractivity contribution in [2.24, 2.45) is 0 Å². The third-order valence-corrected chi connectivity index (χ3v) is 4.03. The summed E-state index contributed by atoms with van der Waals surface area (Å²) in [7, 11) is 0. The molecule has 1 heterocycles. The molecule has 2 aromatic carbocycles. The topological polar surface area (TPSA) is 75.7 Å². The molecule has 0 bridgehead atoms. The molecule has 3 rings (SSSR count). The number of carbonyl (C=O) groups is 3. The van der Waals surface area contributed by atoms with Crippen molar-refractivity contribution < 1.29 is 19.1 Å². The predicted octanol–water partition coefficient (Wildman–Crippen LogP) is 2.60. The van der Waals surface area contributed by atoms with Crippen LogP contribution in [0.5, 0.6) is 0 Å². The highest BCUT2D eigenvalue weighted by Gasteiger charge is 2.32. The fourth-order valence-corrected chi connectivity index (χ4v) is 2.66. The van der Waals surface area contributed by atoms with E-state index in [1.165, 1.54) is 4.90 Å². The number of amides is 2. The molecule has 0 saturated carbocycles. The summed E-state index contributed by atoms with van der Waals surface area (Å²) in [6.45, 7) is 5.09. The van der Waals surface area contributed by atoms with E-state index < -0.39 is 18.5 Å². The van der Waals surface area contributed by atoms with Crippen LogP contribution in [0.2, 0.25) is 0 Å². The first kappa shape index (κ1) is 17.4. The molecular weight excluding hydrogens is 332 g/mol. The summed E-state index contributed by atoms with van der Waals surface area (Å²) in [5, 5.41) is 2.64. The van der Waals surface area contributed by atoms with Crippen LogP contribution in [0.1, 0.15) is 21.5 Å². The van der Waals surface area contributed by atoms with Crippen LogP contribution in [-0.2, 0) is 14.3 Å². The van der Waals surface area contributed by atoms with Gasteiger partial charge < -0.3 is 10.1 Å². The number of rotatable bonds is 5. The molecule has 0 atom stereocenters. The lowest BCUT2D eigenvalue weighted by atomic mass is 10.1. The molecule has 0 unspecified atom stereocenters. The Balaban J connectivity index is 1.52. The lowest BCUT2D eigenvalue weighted by molar-refractivity contribution is -0.147. The first-order valence-electron chi connectivity index (χ1n) is 8.08. The van der Waals surface area contributed by atoms with Crippen molar-refractivity contribution >= 4 is 29.2 Å². The smallest absolute Gasteiger partial charge is 0.326 e. The van der Waals surface area contributed by atoms with Gasteiger partial charge in [-0.15, -0.1) is 0 Å². The minimum Gasteiger partial charge on any atom is -0.454 e. The number of carbonyl (C=O) groups excluding carboxylic acids is 3. The van der Waals surface area contributed by atoms with Crippen LogP contribution in [0.3, 0.4) is 0 Å². The van der Waals surface area contributed by atoms with E-state index in [4.69, 9.17) is 4.74 Å². The SMILES string of the molecule is C=C1c2ccccc2C(=O)N1CC(=O)OCC(=O)Nc1ccc(C)cc1. The molecule has 2 amide bonds. The Bertz CT molecular complexity index is 852. The maximum absolute atomic E-state index is 12.3. The molecule has 0 aliphatic carbocycles. The van der Waals surface area contributed by atoms with Crippen LogP contribution in [0.15, 0.2) is 55.1 Å². The third kappa shape index (κ3) is 3.64. The van der Waals surface area contributed by atoms with Gasteiger partial charge in [-0.05, 0) is 25.1 Å². The monoisotopic (exact) mass is 350 g/mol. The van der Waals surface area contributed by atoms with Crippen molar-refractivity contribution in [3.05, 3.63) is 71.8 Å². The fourth-order valence-electron chi connectivity index (χ4n) is 2.66. The Kier molecular flexibility index (Phi) is 4.84. The number of nitrogens with zero attached hydrogens (tertiary/aromatic N) is 1. The minimum absolute atomic E-state index is 0.288. The van der Waals surface area contributed by atoms with Crippen LogP contribution in [0.4, 0.5) is 5.69 Å². The Morgan fingerprint density at radius 3 is 2.38 bits per heavy atom. The molecule has 132 valence electrons. The average molecular weight is 350 g/mol. The van der Waals surface area contributed by atoms with Crippen LogP contribution in [-0.4, -0.2) is 35.8 Å². The molecule has 6 heteroatoms. The molecule has 6 nitrogen and oxygen atoms in total. The van der Waals surface area contributed by atoms with E-state index in [1.54, 1.807) is 36.4 Å². The second-order valence-corrected chi connectivity index (χ2v) is 5.96. The van der Waals surface area contributed by atoms with Crippen LogP contribution < -0.4 is 5.32 Å². The fraction of sp³-hybridized carbons (Fsp3) is 0.150. The number of nitrogens with one attached hydrogen (secondary N) is 1. The average Bonchev–Trinajstić information content (AvgIpc) is 2.87. The van der Waals surface area contributed by atoms with E-state index in [9.17, 15) is 14.4 Å². The number of aryl methyl sites for hydroxylation is 1. The molecular formula is C20H18N2O4. The normalized spacial score (nSPS) is 12.7. The lowest BCUT2D eigenvalue weighted by Gasteiger charge is -2.16. The van der Waals surface area contributed by atoms with Gasteiger partial charge in [0, 0.05) is 22.5 Å². The molecule has 0 aromatic heterocycles. The summed E-state index contributed by atoms with van der Waals surface area (Å²) in [5.41, 5.74) is 3.35. The molecule has 1 N–H and O–H groups in total. The van der Waals surface area contributed by atoms with Gasteiger partial charge in [0.05, 0.1) is 0 Å². The maximum atomic E-state index is 12.3. The van der Waals surface area contributed by atoms with Crippen molar-refractivity contribution in [1.82, 2.24) is 4.90 Å². The molecule has 0 saturated heterocycles. The zero-order valence-corrected chi connectivity index (χ0v) is 14.3. The summed E-state index contributed by atoms with van der Waals surface area (Å²) >= 11 is 0. The Morgan fingerprint density at radius 2 is 1.73 bits per heavy atom. The summed E-state index contributed by atoms with van der Waals surface area (Å²) < 4.78 is 4.97. The first-order valence-corrected chi connectivity index (χ1v) is 8.08. The molecule has 0 fully saturated rings. The Labute approximate surface area is 151 Å². The summed E-state index contributed by atoms with van der Waals surface area (Å²) in [6.07, 6.45) is 0. The number of hydrogen-bond acceptors (Lipinski definition) is 4. The number of benzene rings is 2. The van der Waals surface area contributed by atoms with Crippen LogP contribution >= 0.6 is 0 Å². The van der Waals surface area contributed by atoms with E-state index >= 15 is 0 Å². The maximum Gasteiger partial charge on any atom is 0.326 e. The molecule has 26 heavy (non-hydrogen) atoms. The van der Waals surface area contributed by atoms with Crippen molar-refractivity contribution in [2.45, 2.75) is 6.92 Å². The zero-order valence-electron chi connectivity index (χ0n) is 14.3. The largest absolute Gasteiger partial charge is 0.454 e. The van der Waals surface area contributed by atoms with Gasteiger partial charge in [0.25, 0.3) is 11.8 Å². The number of fused-ring (bicyclic) bond motifs is 1. The van der Waals surface area contributed by atoms with Gasteiger partial charge in [-0.3, -0.25) is 19.3 Å². The van der Waals surface area contributed by atoms with Crippen molar-refractivity contribution in [1.29, 1.82) is 0 Å². The van der Waals surface area contributed by atoms with Gasteiger partial charge in [-0.25, -0.2) is 0 Å². The van der Waals surface area contributed by atoms with Gasteiger partial charge in [-0.2, -0.15) is 0 Å². The van der Waals surface area contributed by atoms with Gasteiger partial charge in [-0.1, -0.05) is 42.5 Å². The Hall–Kier alpha value is -3.41. The zero-order chi connectivity index (χ0) is 18.7. The van der Waals surface area contributed by atoms with E-state index in [0.717, 1.165) is 5.56 Å². The molecule has 0 spiro atoms. The van der Waals surface area contributed by atoms with E-state index in [2.05, 4.69) is 11.9 Å². The second kappa shape index (κ2) is 7.23. The Morgan fingerprint density at radius 1 is 1.08 bits per heavy atom. The highest BCUT2D eigenvalue weighted by atomic mass is 16.5. The van der Waals surface area contributed by atoms with Crippen molar-refractivity contribution in [3.63, 3.8) is 0 Å². The summed E-state index contributed by atoms with van der Waals surface area (Å²) in [6, 6.07) is 14.3. The summed E-state index contributed by atoms with van der Waals surface area (Å²) in [4.78, 5) is 37.4. The number of esters is 1. The standard InChI is InChI=1S/C20H18N2O4/c1-13-7-9-15(10-8-13)21-18(23)12-26-19(24)11-22-14(2)16-5-3-4-6-17(16)20(22)25/h3-10H,2,11-12H2,1H3,(H,21,23). The van der Waals surface area contributed by atoms with Crippen LogP contribution in [0, 0.1) is 6.92 Å². The van der Waals surface area contributed by atoms with Gasteiger partial charge in [0.2, 0.25) is 0 Å². The van der Waals surface area contributed by atoms with E-state index in [-0.39, 0.29) is 12.5 Å². The lowest BCUT2D eigenvalue weighted by Crippen LogP contribution is -2.32. The minimum atomic E-state index is -0.675. The summed E-state index contributed by atoms with van der Waals surface area (Å²) in [5.74, 6) is -1.42. The quantitative estimate of drug-likeness (QED) is 0.841. The van der Waals surface area contributed by atoms with E-state index in [0.29, 0.717) is 22.5 Å². The number of ether oxygens (including phenoxy) is 1. The number of anilines is 1. The third-order valence-electron chi connectivity index (χ3n) is 4.03. The van der Waals surface area contributed by atoms with Crippen molar-refractivity contribution in [3.8, 4) is 0 Å². The molecule has 1 aliphatic heterocycles. The highest BCUT2D eigenvalue weighted by molar-refractivity contribution is 6.10. The second-order valence-electron chi connectivity index (χ2n) is 5.96.